The lowest BCUT2D eigenvalue weighted by atomic mass is 10.2. The van der Waals surface area contributed by atoms with Gasteiger partial charge in [0.2, 0.25) is 17.7 Å². The van der Waals surface area contributed by atoms with E-state index in [9.17, 15) is 0 Å². The highest BCUT2D eigenvalue weighted by Gasteiger charge is 2.15. The van der Waals surface area contributed by atoms with Crippen LogP contribution in [0.25, 0.3) is 0 Å². The van der Waals surface area contributed by atoms with Crippen LogP contribution in [0.5, 0.6) is 17.2 Å². The van der Waals surface area contributed by atoms with Gasteiger partial charge in [-0.25, -0.2) is 9.97 Å². The second kappa shape index (κ2) is 13.8. The van der Waals surface area contributed by atoms with Crippen molar-refractivity contribution in [3.8, 4) is 17.2 Å². The number of hydrogen-bond donors (Lipinski definition) is 3. The summed E-state index contributed by atoms with van der Waals surface area (Å²) >= 11 is 5.56. The Labute approximate surface area is 217 Å². The molecule has 196 valence electrons. The molecule has 36 heavy (non-hydrogen) atoms. The maximum absolute atomic E-state index is 5.56. The lowest BCUT2D eigenvalue weighted by Gasteiger charge is -2.26. The molecule has 3 N–H and O–H groups in total. The Hall–Kier alpha value is -3.22. The zero-order chi connectivity index (χ0) is 25.9. The van der Waals surface area contributed by atoms with Crippen LogP contribution in [0.1, 0.15) is 17.8 Å². The van der Waals surface area contributed by atoms with Gasteiger partial charge >= 0.3 is 0 Å². The van der Waals surface area contributed by atoms with Crippen molar-refractivity contribution in [2.45, 2.75) is 20.3 Å². The number of hydrogen-bond acceptors (Lipinski definition) is 9. The van der Waals surface area contributed by atoms with E-state index in [1.807, 2.05) is 19.9 Å². The van der Waals surface area contributed by atoms with Crippen molar-refractivity contribution in [3.05, 3.63) is 29.6 Å². The quantitative estimate of drug-likeness (QED) is 0.197. The molecule has 2 heterocycles. The van der Waals surface area contributed by atoms with E-state index in [0.29, 0.717) is 46.5 Å². The number of morpholine rings is 1. The molecule has 0 radical (unpaired) electrons. The smallest absolute Gasteiger partial charge is 0.229 e. The summed E-state index contributed by atoms with van der Waals surface area (Å²) in [6.07, 6.45) is 0.896. The minimum Gasteiger partial charge on any atom is -0.493 e. The Bertz CT molecular complexity index is 1020. The number of aromatic nitrogens is 2. The van der Waals surface area contributed by atoms with Gasteiger partial charge in [-0.1, -0.05) is 0 Å². The van der Waals surface area contributed by atoms with Crippen LogP contribution >= 0.6 is 12.2 Å². The number of aliphatic imine (C=N–C) groups is 1. The van der Waals surface area contributed by atoms with Gasteiger partial charge in [-0.3, -0.25) is 15.2 Å². The highest BCUT2D eigenvalue weighted by Crippen LogP contribution is 2.39. The van der Waals surface area contributed by atoms with Crippen molar-refractivity contribution >= 4 is 34.9 Å². The summed E-state index contributed by atoms with van der Waals surface area (Å²) in [6.45, 7) is 8.86. The molecule has 0 aliphatic carbocycles. The third-order valence-corrected chi connectivity index (χ3v) is 5.58. The van der Waals surface area contributed by atoms with Gasteiger partial charge in [0.15, 0.2) is 16.6 Å². The first kappa shape index (κ1) is 27.4. The van der Waals surface area contributed by atoms with Crippen LogP contribution in [0.4, 0.5) is 11.6 Å². The summed E-state index contributed by atoms with van der Waals surface area (Å²) in [5, 5.41) is 9.76. The van der Waals surface area contributed by atoms with E-state index < -0.39 is 0 Å². The highest BCUT2D eigenvalue weighted by molar-refractivity contribution is 7.80. The fourth-order valence-electron chi connectivity index (χ4n) is 3.73. The number of nitrogens with one attached hydrogen (secondary N) is 3. The predicted molar refractivity (Wildman–Crippen MR) is 145 cm³/mol. The normalized spacial score (nSPS) is 14.2. The molecule has 2 aromatic rings. The van der Waals surface area contributed by atoms with Crippen molar-refractivity contribution in [2.75, 3.05) is 71.4 Å². The zero-order valence-electron chi connectivity index (χ0n) is 21.5. The molecule has 1 aromatic carbocycles. The molecule has 0 bridgehead atoms. The molecule has 1 aliphatic heterocycles. The molecule has 11 nitrogen and oxygen atoms in total. The fraction of sp³-hybridized carbons (Fsp3) is 0.500. The number of thiocarbonyl (C=S) groups is 1. The molecular formula is C24H35N7O4S. The van der Waals surface area contributed by atoms with Gasteiger partial charge < -0.3 is 29.6 Å². The Morgan fingerprint density at radius 1 is 1.00 bits per heavy atom. The first-order valence-electron chi connectivity index (χ1n) is 11.7. The van der Waals surface area contributed by atoms with Gasteiger partial charge in [-0.15, -0.1) is 0 Å². The van der Waals surface area contributed by atoms with Crippen LogP contribution in [-0.2, 0) is 4.74 Å². The van der Waals surface area contributed by atoms with Crippen molar-refractivity contribution < 1.29 is 18.9 Å². The van der Waals surface area contributed by atoms with Crippen LogP contribution < -0.4 is 30.2 Å². The molecule has 1 aliphatic rings. The van der Waals surface area contributed by atoms with Crippen molar-refractivity contribution in [1.29, 1.82) is 0 Å². The third kappa shape index (κ3) is 8.18. The van der Waals surface area contributed by atoms with Crippen molar-refractivity contribution in [3.63, 3.8) is 0 Å². The van der Waals surface area contributed by atoms with E-state index in [1.165, 1.54) is 0 Å². The minimum atomic E-state index is 0.327. The lowest BCUT2D eigenvalue weighted by molar-refractivity contribution is 0.0377. The largest absolute Gasteiger partial charge is 0.493 e. The molecular weight excluding hydrogens is 482 g/mol. The van der Waals surface area contributed by atoms with Gasteiger partial charge in [0.05, 0.1) is 34.5 Å². The Balaban J connectivity index is 1.70. The monoisotopic (exact) mass is 517 g/mol. The summed E-state index contributed by atoms with van der Waals surface area (Å²) in [7, 11) is 4.68. The highest BCUT2D eigenvalue weighted by atomic mass is 32.1. The summed E-state index contributed by atoms with van der Waals surface area (Å²) in [4.78, 5) is 16.0. The molecule has 12 heteroatoms. The molecule has 0 amide bonds. The molecule has 1 aromatic heterocycles. The molecule has 3 rings (SSSR count). The number of benzene rings is 1. The Morgan fingerprint density at radius 3 is 2.22 bits per heavy atom. The van der Waals surface area contributed by atoms with Crippen molar-refractivity contribution in [1.82, 2.24) is 20.2 Å². The van der Waals surface area contributed by atoms with E-state index >= 15 is 0 Å². The standard InChI is InChI=1S/C24H35N7O4S/c1-16-13-17(2)27-23(26-16)29-22(25-7-6-8-31-9-11-35-12-10-31)30-24(36)28-18-14-19(32-3)21(34-5)20(15-18)33-4/h13-15H,6-12H2,1-5H3,(H3,25,26,27,28,29,30,36). The van der Waals surface area contributed by atoms with E-state index in [2.05, 4.69) is 30.8 Å². The van der Waals surface area contributed by atoms with Gasteiger partial charge in [0.25, 0.3) is 0 Å². The average molecular weight is 518 g/mol. The number of aryl methyl sites for hydroxylation is 2. The van der Waals surface area contributed by atoms with Gasteiger partial charge in [-0.2, -0.15) is 0 Å². The molecule has 1 fully saturated rings. The Morgan fingerprint density at radius 2 is 1.64 bits per heavy atom. The minimum absolute atomic E-state index is 0.327. The van der Waals surface area contributed by atoms with E-state index in [-0.39, 0.29) is 0 Å². The van der Waals surface area contributed by atoms with Crippen LogP contribution in [0.2, 0.25) is 0 Å². The van der Waals surface area contributed by atoms with E-state index in [4.69, 9.17) is 36.2 Å². The predicted octanol–water partition coefficient (Wildman–Crippen LogP) is 2.60. The molecule has 1 saturated heterocycles. The molecule has 0 spiro atoms. The number of guanidine groups is 1. The fourth-order valence-corrected chi connectivity index (χ4v) is 3.95. The van der Waals surface area contributed by atoms with Crippen molar-refractivity contribution in [2.24, 2.45) is 4.99 Å². The molecule has 0 atom stereocenters. The summed E-state index contributed by atoms with van der Waals surface area (Å²) in [5.74, 6) is 2.43. The topological polar surface area (TPSA) is 114 Å². The van der Waals surface area contributed by atoms with E-state index in [1.54, 1.807) is 33.5 Å². The number of nitrogens with zero attached hydrogens (tertiary/aromatic N) is 4. The first-order chi connectivity index (χ1) is 17.4. The SMILES string of the molecule is COc1cc(NC(=S)NC(=NCCCN2CCOCC2)Nc2nc(C)cc(C)n2)cc(OC)c1OC. The lowest BCUT2D eigenvalue weighted by Crippen LogP contribution is -2.39. The second-order valence-electron chi connectivity index (χ2n) is 8.13. The number of anilines is 2. The zero-order valence-corrected chi connectivity index (χ0v) is 22.3. The van der Waals surface area contributed by atoms with E-state index in [0.717, 1.165) is 50.7 Å². The van der Waals surface area contributed by atoms with Gasteiger partial charge in [0, 0.05) is 55.4 Å². The average Bonchev–Trinajstić information content (AvgIpc) is 2.85. The first-order valence-corrected chi connectivity index (χ1v) is 12.1. The van der Waals surface area contributed by atoms with Crippen LogP contribution in [-0.4, -0.2) is 86.7 Å². The molecule has 0 saturated carbocycles. The second-order valence-corrected chi connectivity index (χ2v) is 8.54. The van der Waals surface area contributed by atoms with Crippen LogP contribution in [0.15, 0.2) is 23.2 Å². The Kier molecular flexibility index (Phi) is 10.5. The number of ether oxygens (including phenoxy) is 4. The van der Waals surface area contributed by atoms with Crippen LogP contribution in [0.3, 0.4) is 0 Å². The summed E-state index contributed by atoms with van der Waals surface area (Å²) in [6, 6.07) is 5.46. The maximum atomic E-state index is 5.56. The van der Waals surface area contributed by atoms with Crippen LogP contribution in [0, 0.1) is 13.8 Å². The summed E-state index contributed by atoms with van der Waals surface area (Å²) in [5.41, 5.74) is 2.38. The number of methoxy groups -OCH3 is 3. The third-order valence-electron chi connectivity index (χ3n) is 5.37. The number of rotatable bonds is 9. The van der Waals surface area contributed by atoms with Gasteiger partial charge in [0.1, 0.15) is 0 Å². The summed E-state index contributed by atoms with van der Waals surface area (Å²) < 4.78 is 21.7. The molecule has 0 unspecified atom stereocenters. The van der Waals surface area contributed by atoms with Gasteiger partial charge in [-0.05, 0) is 38.6 Å². The maximum Gasteiger partial charge on any atom is 0.229 e.